The molecule has 1 fully saturated rings. The largest absolute Gasteiger partial charge is 0.490 e. The van der Waals surface area contributed by atoms with Crippen molar-refractivity contribution in [1.82, 2.24) is 5.32 Å². The zero-order chi connectivity index (χ0) is 15.0. The van der Waals surface area contributed by atoms with Gasteiger partial charge in [-0.25, -0.2) is 0 Å². The maximum atomic E-state index is 5.83. The van der Waals surface area contributed by atoms with Gasteiger partial charge in [0, 0.05) is 13.1 Å². The molecule has 1 aromatic rings. The van der Waals surface area contributed by atoms with Crippen molar-refractivity contribution < 1.29 is 9.47 Å². The van der Waals surface area contributed by atoms with Gasteiger partial charge in [0.1, 0.15) is 6.61 Å². The molecular weight excluding hydrogens is 262 g/mol. The van der Waals surface area contributed by atoms with E-state index in [2.05, 4.69) is 12.2 Å². The van der Waals surface area contributed by atoms with Gasteiger partial charge in [-0.15, -0.1) is 0 Å². The zero-order valence-electron chi connectivity index (χ0n) is 13.5. The van der Waals surface area contributed by atoms with Crippen molar-refractivity contribution in [3.8, 4) is 11.5 Å². The fourth-order valence-corrected chi connectivity index (χ4v) is 3.21. The van der Waals surface area contributed by atoms with E-state index in [1.165, 1.54) is 32.1 Å². The summed E-state index contributed by atoms with van der Waals surface area (Å²) in [5, 5.41) is 3.57. The van der Waals surface area contributed by atoms with Crippen molar-refractivity contribution in [2.45, 2.75) is 46.0 Å². The lowest BCUT2D eigenvalue weighted by Gasteiger charge is -2.27. The average Bonchev–Trinajstić information content (AvgIpc) is 2.98. The lowest BCUT2D eigenvalue weighted by Crippen LogP contribution is -2.33. The van der Waals surface area contributed by atoms with Gasteiger partial charge in [0.2, 0.25) is 0 Å². The van der Waals surface area contributed by atoms with Crippen molar-refractivity contribution in [1.29, 1.82) is 0 Å². The first-order valence-electron chi connectivity index (χ1n) is 8.35. The molecule has 0 amide bonds. The second kappa shape index (κ2) is 8.28. The van der Waals surface area contributed by atoms with E-state index in [4.69, 9.17) is 9.47 Å². The molecule has 2 rings (SSSR count). The van der Waals surface area contributed by atoms with Crippen LogP contribution in [0.3, 0.4) is 0 Å². The Labute approximate surface area is 129 Å². The van der Waals surface area contributed by atoms with E-state index in [1.807, 2.05) is 31.2 Å². The lowest BCUT2D eigenvalue weighted by molar-refractivity contribution is 0.244. The number of hydrogen-bond donors (Lipinski definition) is 1. The van der Waals surface area contributed by atoms with E-state index in [0.717, 1.165) is 24.6 Å². The standard InChI is InChI=1S/C18H29NO2/c1-3-18(11-7-8-12-18)15-19-13-14-21-17-10-6-5-9-16(17)20-4-2/h5-6,9-10,19H,3-4,7-8,11-15H2,1-2H3. The third-order valence-electron chi connectivity index (χ3n) is 4.60. The van der Waals surface area contributed by atoms with Gasteiger partial charge in [0.15, 0.2) is 11.5 Å². The Morgan fingerprint density at radius 1 is 1.05 bits per heavy atom. The number of rotatable bonds is 9. The highest BCUT2D eigenvalue weighted by Gasteiger charge is 2.31. The van der Waals surface area contributed by atoms with Crippen LogP contribution in [0.25, 0.3) is 0 Å². The van der Waals surface area contributed by atoms with Crippen molar-refractivity contribution in [3.63, 3.8) is 0 Å². The van der Waals surface area contributed by atoms with Crippen molar-refractivity contribution in [2.24, 2.45) is 5.41 Å². The van der Waals surface area contributed by atoms with Crippen LogP contribution >= 0.6 is 0 Å². The van der Waals surface area contributed by atoms with Gasteiger partial charge in [0.05, 0.1) is 6.61 Å². The quantitative estimate of drug-likeness (QED) is 0.697. The highest BCUT2D eigenvalue weighted by molar-refractivity contribution is 5.39. The molecule has 0 aromatic heterocycles. The van der Waals surface area contributed by atoms with Gasteiger partial charge in [-0.1, -0.05) is 31.9 Å². The normalized spacial score (nSPS) is 16.9. The minimum Gasteiger partial charge on any atom is -0.490 e. The Morgan fingerprint density at radius 3 is 2.33 bits per heavy atom. The topological polar surface area (TPSA) is 30.5 Å². The molecule has 3 nitrogen and oxygen atoms in total. The minimum absolute atomic E-state index is 0.545. The SMILES string of the molecule is CCOc1ccccc1OCCNCC1(CC)CCCC1. The van der Waals surface area contributed by atoms with E-state index < -0.39 is 0 Å². The van der Waals surface area contributed by atoms with Crippen LogP contribution < -0.4 is 14.8 Å². The van der Waals surface area contributed by atoms with Crippen LogP contribution in [0.4, 0.5) is 0 Å². The van der Waals surface area contributed by atoms with Gasteiger partial charge in [0.25, 0.3) is 0 Å². The monoisotopic (exact) mass is 291 g/mol. The summed E-state index contributed by atoms with van der Waals surface area (Å²) in [4.78, 5) is 0. The Morgan fingerprint density at radius 2 is 1.71 bits per heavy atom. The molecule has 21 heavy (non-hydrogen) atoms. The molecule has 1 aromatic carbocycles. The van der Waals surface area contributed by atoms with Gasteiger partial charge in [-0.3, -0.25) is 0 Å². The summed E-state index contributed by atoms with van der Waals surface area (Å²) in [5.74, 6) is 1.67. The maximum Gasteiger partial charge on any atom is 0.161 e. The van der Waals surface area contributed by atoms with Crippen molar-refractivity contribution in [2.75, 3.05) is 26.3 Å². The van der Waals surface area contributed by atoms with Gasteiger partial charge in [-0.05, 0) is 43.7 Å². The smallest absolute Gasteiger partial charge is 0.161 e. The van der Waals surface area contributed by atoms with Gasteiger partial charge >= 0.3 is 0 Å². The molecular formula is C18H29NO2. The Hall–Kier alpha value is -1.22. The highest BCUT2D eigenvalue weighted by atomic mass is 16.5. The number of para-hydroxylation sites is 2. The first kappa shape index (κ1) is 16.2. The molecule has 1 N–H and O–H groups in total. The molecule has 0 unspecified atom stereocenters. The summed E-state index contributed by atoms with van der Waals surface area (Å²) in [6.07, 6.45) is 6.84. The summed E-state index contributed by atoms with van der Waals surface area (Å²) < 4.78 is 11.4. The second-order valence-corrected chi connectivity index (χ2v) is 5.97. The van der Waals surface area contributed by atoms with Crippen LogP contribution in [0.1, 0.15) is 46.0 Å². The minimum atomic E-state index is 0.545. The first-order chi connectivity index (χ1) is 10.3. The predicted octanol–water partition coefficient (Wildman–Crippen LogP) is 4.02. The molecule has 0 heterocycles. The van der Waals surface area contributed by atoms with Crippen molar-refractivity contribution >= 4 is 0 Å². The number of benzene rings is 1. The molecule has 118 valence electrons. The van der Waals surface area contributed by atoms with Crippen LogP contribution in [0, 0.1) is 5.41 Å². The first-order valence-corrected chi connectivity index (χ1v) is 8.35. The Bertz CT molecular complexity index is 413. The van der Waals surface area contributed by atoms with Crippen molar-refractivity contribution in [3.05, 3.63) is 24.3 Å². The zero-order valence-corrected chi connectivity index (χ0v) is 13.5. The molecule has 0 atom stereocenters. The van der Waals surface area contributed by atoms with Crippen LogP contribution in [0.2, 0.25) is 0 Å². The number of hydrogen-bond acceptors (Lipinski definition) is 3. The molecule has 0 bridgehead atoms. The number of ether oxygens (including phenoxy) is 2. The lowest BCUT2D eigenvalue weighted by atomic mass is 9.83. The summed E-state index contributed by atoms with van der Waals surface area (Å²) in [5.41, 5.74) is 0.545. The molecule has 1 saturated carbocycles. The third kappa shape index (κ3) is 4.63. The summed E-state index contributed by atoms with van der Waals surface area (Å²) in [6.45, 7) is 7.68. The summed E-state index contributed by atoms with van der Waals surface area (Å²) in [6, 6.07) is 7.88. The average molecular weight is 291 g/mol. The predicted molar refractivity (Wildman–Crippen MR) is 87.2 cm³/mol. The summed E-state index contributed by atoms with van der Waals surface area (Å²) in [7, 11) is 0. The number of nitrogens with one attached hydrogen (secondary N) is 1. The Balaban J connectivity index is 1.70. The fourth-order valence-electron chi connectivity index (χ4n) is 3.21. The van der Waals surface area contributed by atoms with E-state index in [9.17, 15) is 0 Å². The second-order valence-electron chi connectivity index (χ2n) is 5.97. The van der Waals surface area contributed by atoms with Crippen LogP contribution in [-0.2, 0) is 0 Å². The van der Waals surface area contributed by atoms with E-state index >= 15 is 0 Å². The summed E-state index contributed by atoms with van der Waals surface area (Å²) >= 11 is 0. The third-order valence-corrected chi connectivity index (χ3v) is 4.60. The van der Waals surface area contributed by atoms with Crippen LogP contribution in [-0.4, -0.2) is 26.3 Å². The van der Waals surface area contributed by atoms with E-state index in [-0.39, 0.29) is 0 Å². The van der Waals surface area contributed by atoms with E-state index in [0.29, 0.717) is 18.6 Å². The molecule has 1 aliphatic carbocycles. The van der Waals surface area contributed by atoms with Crippen LogP contribution in [0.15, 0.2) is 24.3 Å². The van der Waals surface area contributed by atoms with Gasteiger partial charge < -0.3 is 14.8 Å². The fraction of sp³-hybridized carbons (Fsp3) is 0.667. The Kier molecular flexibility index (Phi) is 6.37. The molecule has 0 radical (unpaired) electrons. The molecule has 0 saturated heterocycles. The molecule has 0 aliphatic heterocycles. The molecule has 0 spiro atoms. The highest BCUT2D eigenvalue weighted by Crippen LogP contribution is 2.40. The van der Waals surface area contributed by atoms with E-state index in [1.54, 1.807) is 0 Å². The van der Waals surface area contributed by atoms with Crippen LogP contribution in [0.5, 0.6) is 11.5 Å². The van der Waals surface area contributed by atoms with Gasteiger partial charge in [-0.2, -0.15) is 0 Å². The molecule has 1 aliphatic rings. The molecule has 3 heteroatoms. The maximum absolute atomic E-state index is 5.83.